The van der Waals surface area contributed by atoms with Crippen LogP contribution in [0.3, 0.4) is 0 Å². The molecule has 0 radical (unpaired) electrons. The molecule has 0 bridgehead atoms. The molecule has 1 aromatic carbocycles. The fourth-order valence-corrected chi connectivity index (χ4v) is 3.77. The second-order valence-corrected chi connectivity index (χ2v) is 7.46. The number of nitrogens with two attached hydrogens (primary N) is 1. The summed E-state index contributed by atoms with van der Waals surface area (Å²) in [6.45, 7) is 0.124. The van der Waals surface area contributed by atoms with Crippen molar-refractivity contribution in [2.75, 3.05) is 12.8 Å². The maximum Gasteiger partial charge on any atom is 0.432 e. The van der Waals surface area contributed by atoms with Crippen LogP contribution in [-0.2, 0) is 17.5 Å². The molecule has 1 fully saturated rings. The van der Waals surface area contributed by atoms with Crippen molar-refractivity contribution in [1.29, 1.82) is 0 Å². The molecule has 3 rings (SSSR count). The Hall–Kier alpha value is -2.26. The monoisotopic (exact) mass is 430 g/mol. The van der Waals surface area contributed by atoms with E-state index in [-0.39, 0.29) is 24.4 Å². The summed E-state index contributed by atoms with van der Waals surface area (Å²) < 4.78 is 44.1. The number of halogens is 4. The number of amides is 1. The molecule has 0 saturated heterocycles. The van der Waals surface area contributed by atoms with Crippen molar-refractivity contribution in [3.8, 4) is 0 Å². The number of ether oxygens (including phenoxy) is 1. The van der Waals surface area contributed by atoms with E-state index in [2.05, 4.69) is 5.10 Å². The van der Waals surface area contributed by atoms with Gasteiger partial charge in [-0.25, -0.2) is 0 Å². The van der Waals surface area contributed by atoms with E-state index in [0.29, 0.717) is 29.1 Å². The number of H-pyrrole nitrogens is 1. The van der Waals surface area contributed by atoms with Gasteiger partial charge < -0.3 is 15.4 Å². The summed E-state index contributed by atoms with van der Waals surface area (Å²) in [4.78, 5) is 14.6. The second kappa shape index (κ2) is 8.62. The minimum Gasteiger partial charge on any atom is -0.398 e. The van der Waals surface area contributed by atoms with Gasteiger partial charge in [0.15, 0.2) is 5.69 Å². The molecule has 6 nitrogen and oxygen atoms in total. The van der Waals surface area contributed by atoms with Gasteiger partial charge in [0.25, 0.3) is 5.91 Å². The van der Waals surface area contributed by atoms with Crippen LogP contribution in [0, 0.1) is 0 Å². The summed E-state index contributed by atoms with van der Waals surface area (Å²) in [5.74, 6) is -0.587. The van der Waals surface area contributed by atoms with Gasteiger partial charge in [-0.3, -0.25) is 9.89 Å². The lowest BCUT2D eigenvalue weighted by Crippen LogP contribution is -2.43. The van der Waals surface area contributed by atoms with Crippen molar-refractivity contribution in [1.82, 2.24) is 15.1 Å². The number of hydrogen-bond acceptors (Lipinski definition) is 4. The number of hydrogen-bond donors (Lipinski definition) is 2. The Morgan fingerprint density at radius 2 is 2.03 bits per heavy atom. The van der Waals surface area contributed by atoms with Crippen molar-refractivity contribution >= 4 is 23.2 Å². The van der Waals surface area contributed by atoms with Crippen molar-refractivity contribution in [2.24, 2.45) is 0 Å². The average molecular weight is 431 g/mol. The van der Waals surface area contributed by atoms with E-state index in [1.165, 1.54) is 4.90 Å². The third kappa shape index (κ3) is 4.84. The smallest absolute Gasteiger partial charge is 0.398 e. The predicted molar refractivity (Wildman–Crippen MR) is 102 cm³/mol. The summed E-state index contributed by atoms with van der Waals surface area (Å²) >= 11 is 6.28. The molecule has 1 aliphatic carbocycles. The molecule has 158 valence electrons. The molecular formula is C19H22ClF3N4O2. The third-order valence-electron chi connectivity index (χ3n) is 5.23. The molecule has 0 spiro atoms. The van der Waals surface area contributed by atoms with Crippen LogP contribution in [0.25, 0.3) is 0 Å². The number of aromatic nitrogens is 2. The number of aromatic amines is 1. The highest BCUT2D eigenvalue weighted by atomic mass is 35.5. The van der Waals surface area contributed by atoms with Gasteiger partial charge >= 0.3 is 6.18 Å². The lowest BCUT2D eigenvalue weighted by molar-refractivity contribution is -0.141. The van der Waals surface area contributed by atoms with Crippen LogP contribution < -0.4 is 5.73 Å². The van der Waals surface area contributed by atoms with Crippen molar-refractivity contribution in [2.45, 2.75) is 50.6 Å². The number of methoxy groups -OCH3 is 1. The van der Waals surface area contributed by atoms with E-state index in [1.54, 1.807) is 25.3 Å². The van der Waals surface area contributed by atoms with E-state index in [4.69, 9.17) is 22.1 Å². The summed E-state index contributed by atoms with van der Waals surface area (Å²) in [5, 5.41) is 5.82. The Balaban J connectivity index is 1.88. The molecule has 10 heteroatoms. The fraction of sp³-hybridized carbons (Fsp3) is 0.474. The van der Waals surface area contributed by atoms with Crippen molar-refractivity contribution in [3.05, 3.63) is 46.2 Å². The van der Waals surface area contributed by atoms with Crippen molar-refractivity contribution in [3.63, 3.8) is 0 Å². The lowest BCUT2D eigenvalue weighted by atomic mass is 9.91. The number of benzene rings is 1. The molecule has 3 N–H and O–H groups in total. The Morgan fingerprint density at radius 1 is 1.34 bits per heavy atom. The number of anilines is 1. The highest BCUT2D eigenvalue weighted by Gasteiger charge is 2.36. The first-order valence-electron chi connectivity index (χ1n) is 9.20. The Labute approximate surface area is 171 Å². The summed E-state index contributed by atoms with van der Waals surface area (Å²) in [6, 6.07) is 5.67. The van der Waals surface area contributed by atoms with Gasteiger partial charge in [0.1, 0.15) is 5.69 Å². The molecular weight excluding hydrogens is 409 g/mol. The molecule has 1 aliphatic rings. The van der Waals surface area contributed by atoms with Crippen LogP contribution >= 0.6 is 11.6 Å². The first-order chi connectivity index (χ1) is 13.7. The standard InChI is InChI=1S/C19H22ClF3N4O2/c1-29-13-7-5-12(6-8-13)27(10-11-3-2-4-14(24)17(11)20)18(28)15-9-16(26-25-15)19(21,22)23/h2-4,9,12-13H,5-8,10,24H2,1H3,(H,25,26). The minimum absolute atomic E-state index is 0.112. The van der Waals surface area contributed by atoms with Gasteiger partial charge in [0, 0.05) is 25.8 Å². The summed E-state index contributed by atoms with van der Waals surface area (Å²) in [6.07, 6.45) is -1.65. The SMILES string of the molecule is COC1CCC(N(Cc2cccc(N)c2Cl)C(=O)c2cc(C(F)(F)F)[nH]n2)CC1. The first kappa shape index (κ1) is 21.4. The zero-order valence-electron chi connectivity index (χ0n) is 15.8. The number of rotatable bonds is 5. The van der Waals surface area contributed by atoms with Crippen LogP contribution in [0.15, 0.2) is 24.3 Å². The predicted octanol–water partition coefficient (Wildman–Crippen LogP) is 4.26. The molecule has 0 aliphatic heterocycles. The highest BCUT2D eigenvalue weighted by molar-refractivity contribution is 6.33. The topological polar surface area (TPSA) is 84.2 Å². The maximum atomic E-state index is 13.1. The number of carbonyl (C=O) groups excluding carboxylic acids is 1. The number of nitrogen functional groups attached to an aromatic ring is 1. The number of nitrogens with one attached hydrogen (secondary N) is 1. The van der Waals surface area contributed by atoms with E-state index in [9.17, 15) is 18.0 Å². The normalized spacial score (nSPS) is 19.9. The van der Waals surface area contributed by atoms with Gasteiger partial charge in [0.05, 0.1) is 16.8 Å². The van der Waals surface area contributed by atoms with Gasteiger partial charge in [-0.15, -0.1) is 0 Å². The zero-order chi connectivity index (χ0) is 21.2. The second-order valence-electron chi connectivity index (χ2n) is 7.08. The summed E-state index contributed by atoms with van der Waals surface area (Å²) in [7, 11) is 1.64. The number of alkyl halides is 3. The molecule has 0 unspecified atom stereocenters. The minimum atomic E-state index is -4.61. The van der Waals surface area contributed by atoms with Gasteiger partial charge in [0.2, 0.25) is 0 Å². The lowest BCUT2D eigenvalue weighted by Gasteiger charge is -2.36. The fourth-order valence-electron chi connectivity index (χ4n) is 3.59. The largest absolute Gasteiger partial charge is 0.432 e. The molecule has 2 aromatic rings. The zero-order valence-corrected chi connectivity index (χ0v) is 16.6. The van der Waals surface area contributed by atoms with E-state index in [0.717, 1.165) is 18.9 Å². The van der Waals surface area contributed by atoms with Crippen LogP contribution in [0.2, 0.25) is 5.02 Å². The van der Waals surface area contributed by atoms with Crippen LogP contribution in [0.4, 0.5) is 18.9 Å². The molecule has 29 heavy (non-hydrogen) atoms. The number of carbonyl (C=O) groups is 1. The Kier molecular flexibility index (Phi) is 6.38. The molecule has 1 aromatic heterocycles. The third-order valence-corrected chi connectivity index (χ3v) is 5.69. The Morgan fingerprint density at radius 3 is 2.62 bits per heavy atom. The van der Waals surface area contributed by atoms with E-state index in [1.807, 2.05) is 5.10 Å². The Bertz CT molecular complexity index is 863. The summed E-state index contributed by atoms with van der Waals surface area (Å²) in [5.41, 5.74) is 5.50. The molecule has 0 atom stereocenters. The van der Waals surface area contributed by atoms with Crippen LogP contribution in [0.5, 0.6) is 0 Å². The van der Waals surface area contributed by atoms with Gasteiger partial charge in [-0.05, 0) is 37.3 Å². The molecule has 1 amide bonds. The highest BCUT2D eigenvalue weighted by Crippen LogP contribution is 2.32. The molecule has 1 saturated carbocycles. The molecule has 1 heterocycles. The van der Waals surface area contributed by atoms with E-state index >= 15 is 0 Å². The van der Waals surface area contributed by atoms with Crippen LogP contribution in [0.1, 0.15) is 47.4 Å². The number of nitrogens with zero attached hydrogens (tertiary/aromatic N) is 2. The van der Waals surface area contributed by atoms with Crippen molar-refractivity contribution < 1.29 is 22.7 Å². The van der Waals surface area contributed by atoms with Gasteiger partial charge in [-0.2, -0.15) is 18.3 Å². The van der Waals surface area contributed by atoms with E-state index < -0.39 is 17.8 Å². The van der Waals surface area contributed by atoms with Gasteiger partial charge in [-0.1, -0.05) is 23.7 Å². The van der Waals surface area contributed by atoms with Crippen LogP contribution in [-0.4, -0.2) is 40.3 Å². The first-order valence-corrected chi connectivity index (χ1v) is 9.57. The quantitative estimate of drug-likeness (QED) is 0.694. The maximum absolute atomic E-state index is 13.1. The average Bonchev–Trinajstić information content (AvgIpc) is 3.20.